The summed E-state index contributed by atoms with van der Waals surface area (Å²) >= 11 is 5.96. The van der Waals surface area contributed by atoms with E-state index < -0.39 is 35.1 Å². The summed E-state index contributed by atoms with van der Waals surface area (Å²) in [6, 6.07) is -0.856. The number of alkyl halides is 4. The minimum absolute atomic E-state index is 0.0705. The lowest BCUT2D eigenvalue weighted by Crippen LogP contribution is -2.50. The third-order valence-corrected chi connectivity index (χ3v) is 4.86. The van der Waals surface area contributed by atoms with Crippen molar-refractivity contribution in [2.45, 2.75) is 36.9 Å². The molecule has 1 saturated carbocycles. The van der Waals surface area contributed by atoms with Gasteiger partial charge in [0, 0.05) is 13.1 Å². The Hall–Kier alpha value is -2.17. The Morgan fingerprint density at radius 3 is 2.80 bits per heavy atom. The first-order chi connectivity index (χ1) is 11.7. The lowest BCUT2D eigenvalue weighted by Gasteiger charge is -2.35. The van der Waals surface area contributed by atoms with Crippen molar-refractivity contribution in [1.82, 2.24) is 29.7 Å². The third kappa shape index (κ3) is 3.20. The number of hydrogen-bond donors (Lipinski definition) is 1. The van der Waals surface area contributed by atoms with Crippen molar-refractivity contribution < 1.29 is 18.0 Å². The zero-order valence-corrected chi connectivity index (χ0v) is 13.8. The van der Waals surface area contributed by atoms with Crippen LogP contribution in [0.1, 0.15) is 29.8 Å². The molecule has 1 N–H and O–H groups in total. The van der Waals surface area contributed by atoms with Crippen LogP contribution < -0.4 is 11.0 Å². The number of fused-ring (bicyclic) bond motifs is 1. The molecule has 0 bridgehead atoms. The molecule has 3 atom stereocenters. The molecule has 0 aromatic carbocycles. The smallest absolute Gasteiger partial charge is 0.346 e. The van der Waals surface area contributed by atoms with Gasteiger partial charge < -0.3 is 5.32 Å². The van der Waals surface area contributed by atoms with E-state index in [9.17, 15) is 22.8 Å². The van der Waals surface area contributed by atoms with Crippen molar-refractivity contribution in [3.05, 3.63) is 22.5 Å². The fraction of sp³-hybridized carbons (Fsp3) is 0.615. The Balaban J connectivity index is 1.83. The number of halogens is 4. The fourth-order valence-electron chi connectivity index (χ4n) is 2.93. The van der Waals surface area contributed by atoms with Crippen LogP contribution in [0.4, 0.5) is 13.2 Å². The highest BCUT2D eigenvalue weighted by Crippen LogP contribution is 2.40. The number of nitrogens with zero attached hydrogens (tertiary/aromatic N) is 5. The van der Waals surface area contributed by atoms with Crippen molar-refractivity contribution in [1.29, 1.82) is 0 Å². The highest BCUT2D eigenvalue weighted by atomic mass is 35.5. The number of rotatable bonds is 2. The average Bonchev–Trinajstić information content (AvgIpc) is 2.96. The predicted octanol–water partition coefficient (Wildman–Crippen LogP) is 0.891. The molecule has 1 aliphatic rings. The monoisotopic (exact) mass is 378 g/mol. The summed E-state index contributed by atoms with van der Waals surface area (Å²) in [4.78, 5) is 28.1. The molecule has 0 spiro atoms. The van der Waals surface area contributed by atoms with Gasteiger partial charge in [-0.3, -0.25) is 4.79 Å². The van der Waals surface area contributed by atoms with Crippen LogP contribution in [0.25, 0.3) is 5.65 Å². The summed E-state index contributed by atoms with van der Waals surface area (Å²) in [6.45, 7) is 0. The molecule has 0 saturated heterocycles. The Morgan fingerprint density at radius 1 is 1.40 bits per heavy atom. The summed E-state index contributed by atoms with van der Waals surface area (Å²) in [7, 11) is 1.38. The molecule has 136 valence electrons. The largest absolute Gasteiger partial charge is 0.393 e. The van der Waals surface area contributed by atoms with Gasteiger partial charge in [-0.25, -0.2) is 14.2 Å². The number of carbonyl (C=O) groups is 1. The maximum atomic E-state index is 13.0. The van der Waals surface area contributed by atoms with Crippen LogP contribution in [-0.4, -0.2) is 47.9 Å². The molecule has 1 aliphatic carbocycles. The van der Waals surface area contributed by atoms with Crippen molar-refractivity contribution in [2.75, 3.05) is 0 Å². The molecular formula is C13H14ClF3N6O2. The SMILES string of the molecule is Cn1nnc2c(C(=O)NC3CCCC(C(F)(F)F)C3Cl)ncn2c1=O. The molecule has 3 unspecified atom stereocenters. The van der Waals surface area contributed by atoms with Crippen molar-refractivity contribution in [2.24, 2.45) is 13.0 Å². The zero-order chi connectivity index (χ0) is 18.4. The first kappa shape index (κ1) is 17.6. The van der Waals surface area contributed by atoms with Gasteiger partial charge in [0.2, 0.25) is 0 Å². The Morgan fingerprint density at radius 2 is 2.12 bits per heavy atom. The highest BCUT2D eigenvalue weighted by molar-refractivity contribution is 6.21. The van der Waals surface area contributed by atoms with Gasteiger partial charge in [-0.05, 0) is 12.8 Å². The van der Waals surface area contributed by atoms with Crippen molar-refractivity contribution in [3.8, 4) is 0 Å². The van der Waals surface area contributed by atoms with E-state index in [2.05, 4.69) is 20.6 Å². The predicted molar refractivity (Wildman–Crippen MR) is 80.3 cm³/mol. The van der Waals surface area contributed by atoms with Crippen LogP contribution >= 0.6 is 11.6 Å². The first-order valence-electron chi connectivity index (χ1n) is 7.49. The molecule has 2 aromatic rings. The highest BCUT2D eigenvalue weighted by Gasteiger charge is 2.48. The average molecular weight is 379 g/mol. The van der Waals surface area contributed by atoms with Crippen molar-refractivity contribution >= 4 is 23.2 Å². The second-order valence-electron chi connectivity index (χ2n) is 5.89. The summed E-state index contributed by atoms with van der Waals surface area (Å²) in [5.74, 6) is -2.43. The third-order valence-electron chi connectivity index (χ3n) is 4.25. The number of amides is 1. The zero-order valence-electron chi connectivity index (χ0n) is 13.0. The Kier molecular flexibility index (Phi) is 4.43. The molecule has 25 heavy (non-hydrogen) atoms. The lowest BCUT2D eigenvalue weighted by atomic mass is 9.84. The van der Waals surface area contributed by atoms with E-state index in [4.69, 9.17) is 11.6 Å². The topological polar surface area (TPSA) is 94.2 Å². The summed E-state index contributed by atoms with van der Waals surface area (Å²) in [5.41, 5.74) is -0.820. The van der Waals surface area contributed by atoms with Gasteiger partial charge in [-0.1, -0.05) is 11.6 Å². The quantitative estimate of drug-likeness (QED) is 0.783. The standard InChI is InChI=1S/C13H14ClF3N6O2/c1-22-12(25)23-5-18-9(10(23)20-21-22)11(24)19-7-4-2-3-6(8(7)14)13(15,16)17/h5-8H,2-4H2,1H3,(H,19,24). The van der Waals surface area contributed by atoms with Gasteiger partial charge in [-0.15, -0.1) is 16.7 Å². The van der Waals surface area contributed by atoms with Gasteiger partial charge >= 0.3 is 11.9 Å². The molecule has 0 aliphatic heterocycles. The van der Waals surface area contributed by atoms with E-state index >= 15 is 0 Å². The minimum Gasteiger partial charge on any atom is -0.346 e. The van der Waals surface area contributed by atoms with E-state index in [0.29, 0.717) is 12.8 Å². The molecule has 3 rings (SSSR count). The van der Waals surface area contributed by atoms with Gasteiger partial charge in [-0.2, -0.15) is 17.9 Å². The number of imidazole rings is 1. The van der Waals surface area contributed by atoms with Crippen LogP contribution in [0.2, 0.25) is 0 Å². The lowest BCUT2D eigenvalue weighted by molar-refractivity contribution is -0.182. The number of nitrogens with one attached hydrogen (secondary N) is 1. The summed E-state index contributed by atoms with van der Waals surface area (Å²) < 4.78 is 41.0. The van der Waals surface area contributed by atoms with Crippen LogP contribution in [0.15, 0.2) is 11.1 Å². The number of aryl methyl sites for hydroxylation is 1. The molecule has 1 fully saturated rings. The molecule has 2 heterocycles. The van der Waals surface area contributed by atoms with E-state index in [0.717, 1.165) is 15.4 Å². The second-order valence-corrected chi connectivity index (χ2v) is 6.39. The minimum atomic E-state index is -4.42. The second kappa shape index (κ2) is 6.28. The molecule has 2 aromatic heterocycles. The maximum Gasteiger partial charge on any atom is 0.393 e. The number of aromatic nitrogens is 5. The number of hydrogen-bond acceptors (Lipinski definition) is 5. The fourth-order valence-corrected chi connectivity index (χ4v) is 3.39. The molecule has 1 amide bonds. The van der Waals surface area contributed by atoms with Crippen LogP contribution in [0.5, 0.6) is 0 Å². The Labute approximate surface area is 144 Å². The molecular weight excluding hydrogens is 365 g/mol. The van der Waals surface area contributed by atoms with E-state index in [1.54, 1.807) is 0 Å². The van der Waals surface area contributed by atoms with Crippen LogP contribution in [0, 0.1) is 5.92 Å². The van der Waals surface area contributed by atoms with E-state index in [-0.39, 0.29) is 17.8 Å². The van der Waals surface area contributed by atoms with E-state index in [1.807, 2.05) is 0 Å². The van der Waals surface area contributed by atoms with Gasteiger partial charge in [0.1, 0.15) is 6.33 Å². The van der Waals surface area contributed by atoms with Gasteiger partial charge in [0.25, 0.3) is 5.91 Å². The van der Waals surface area contributed by atoms with Crippen molar-refractivity contribution in [3.63, 3.8) is 0 Å². The maximum absolute atomic E-state index is 13.0. The summed E-state index contributed by atoms with van der Waals surface area (Å²) in [6.07, 6.45) is -2.76. The van der Waals surface area contributed by atoms with Crippen LogP contribution in [-0.2, 0) is 7.05 Å². The molecule has 0 radical (unpaired) electrons. The first-order valence-corrected chi connectivity index (χ1v) is 7.92. The summed E-state index contributed by atoms with van der Waals surface area (Å²) in [5, 5.41) is 8.50. The Bertz CT molecular complexity index is 864. The molecule has 12 heteroatoms. The number of carbonyl (C=O) groups excluding carboxylic acids is 1. The van der Waals surface area contributed by atoms with Gasteiger partial charge in [0.05, 0.1) is 11.3 Å². The van der Waals surface area contributed by atoms with Gasteiger partial charge in [0.15, 0.2) is 11.3 Å². The van der Waals surface area contributed by atoms with Crippen LogP contribution in [0.3, 0.4) is 0 Å². The normalized spacial score (nSPS) is 24.4. The molecule has 8 nitrogen and oxygen atoms in total. The van der Waals surface area contributed by atoms with E-state index in [1.165, 1.54) is 7.05 Å².